The van der Waals surface area contributed by atoms with Crippen molar-refractivity contribution in [3.63, 3.8) is 0 Å². The molecule has 1 aromatic carbocycles. The van der Waals surface area contributed by atoms with Crippen molar-refractivity contribution in [1.29, 1.82) is 0 Å². The summed E-state index contributed by atoms with van der Waals surface area (Å²) in [6, 6.07) is 4.98. The first kappa shape index (κ1) is 18.7. The van der Waals surface area contributed by atoms with E-state index in [1.54, 1.807) is 18.2 Å². The van der Waals surface area contributed by atoms with Gasteiger partial charge in [-0.2, -0.15) is 0 Å². The van der Waals surface area contributed by atoms with Gasteiger partial charge < -0.3 is 9.47 Å². The van der Waals surface area contributed by atoms with Gasteiger partial charge in [0.1, 0.15) is 21.4 Å². The molecule has 24 heavy (non-hydrogen) atoms. The highest BCUT2D eigenvalue weighted by atomic mass is 35.5. The lowest BCUT2D eigenvalue weighted by atomic mass is 10.2. The third-order valence-corrected chi connectivity index (χ3v) is 4.55. The van der Waals surface area contributed by atoms with E-state index in [0.717, 1.165) is 0 Å². The molecule has 0 aliphatic carbocycles. The first-order valence-electron chi connectivity index (χ1n) is 7.12. The van der Waals surface area contributed by atoms with Gasteiger partial charge in [-0.3, -0.25) is 4.79 Å². The molecule has 1 heterocycles. The highest BCUT2D eigenvalue weighted by Crippen LogP contribution is 2.27. The fraction of sp³-hybridized carbons (Fsp3) is 0.312. The second-order valence-electron chi connectivity index (χ2n) is 4.85. The predicted octanol–water partition coefficient (Wildman–Crippen LogP) is 4.21. The Balaban J connectivity index is 1.73. The lowest BCUT2D eigenvalue weighted by Gasteiger charge is -2.07. The van der Waals surface area contributed by atoms with Crippen LogP contribution in [0.2, 0.25) is 10.0 Å². The summed E-state index contributed by atoms with van der Waals surface area (Å²) in [7, 11) is 1.31. The van der Waals surface area contributed by atoms with Crippen molar-refractivity contribution in [2.75, 3.05) is 13.7 Å². The first-order chi connectivity index (χ1) is 11.5. The molecule has 0 N–H and O–H groups in total. The highest BCUT2D eigenvalue weighted by Gasteiger charge is 2.13. The molecule has 0 bridgehead atoms. The van der Waals surface area contributed by atoms with Crippen LogP contribution in [-0.4, -0.2) is 30.5 Å². The molecular formula is C16H15Cl2NO4S. The third-order valence-electron chi connectivity index (χ3n) is 3.04. The SMILES string of the molecule is COC(=O)c1cnc(CC(=O)CCCOc2ccc(Cl)cc2Cl)s1. The molecule has 5 nitrogen and oxygen atoms in total. The molecular weight excluding hydrogens is 373 g/mol. The largest absolute Gasteiger partial charge is 0.492 e. The van der Waals surface area contributed by atoms with E-state index in [9.17, 15) is 9.59 Å². The fourth-order valence-corrected chi connectivity index (χ4v) is 3.22. The molecule has 0 spiro atoms. The van der Waals surface area contributed by atoms with Crippen LogP contribution in [0.1, 0.15) is 27.5 Å². The van der Waals surface area contributed by atoms with Crippen molar-refractivity contribution in [3.8, 4) is 5.75 Å². The van der Waals surface area contributed by atoms with Crippen LogP contribution in [0.4, 0.5) is 0 Å². The maximum atomic E-state index is 11.9. The van der Waals surface area contributed by atoms with Gasteiger partial charge in [-0.05, 0) is 24.6 Å². The number of nitrogens with zero attached hydrogens (tertiary/aromatic N) is 1. The van der Waals surface area contributed by atoms with Gasteiger partial charge in [0.2, 0.25) is 0 Å². The van der Waals surface area contributed by atoms with Crippen LogP contribution in [0, 0.1) is 0 Å². The molecule has 0 radical (unpaired) electrons. The van der Waals surface area contributed by atoms with E-state index in [-0.39, 0.29) is 12.2 Å². The van der Waals surface area contributed by atoms with E-state index in [1.165, 1.54) is 24.6 Å². The highest BCUT2D eigenvalue weighted by molar-refractivity contribution is 7.13. The summed E-state index contributed by atoms with van der Waals surface area (Å²) < 4.78 is 10.1. The van der Waals surface area contributed by atoms with Gasteiger partial charge >= 0.3 is 5.97 Å². The zero-order chi connectivity index (χ0) is 17.5. The second kappa shape index (κ2) is 9.01. The molecule has 1 aromatic heterocycles. The number of methoxy groups -OCH3 is 1. The second-order valence-corrected chi connectivity index (χ2v) is 6.81. The van der Waals surface area contributed by atoms with Crippen LogP contribution >= 0.6 is 34.5 Å². The van der Waals surface area contributed by atoms with E-state index in [4.69, 9.17) is 27.9 Å². The number of carbonyl (C=O) groups excluding carboxylic acids is 2. The van der Waals surface area contributed by atoms with Gasteiger partial charge in [-0.1, -0.05) is 23.2 Å². The molecule has 2 aromatic rings. The molecule has 8 heteroatoms. The first-order valence-corrected chi connectivity index (χ1v) is 8.69. The fourth-order valence-electron chi connectivity index (χ4n) is 1.89. The molecule has 2 rings (SSSR count). The Morgan fingerprint density at radius 1 is 1.29 bits per heavy atom. The van der Waals surface area contributed by atoms with Gasteiger partial charge in [0, 0.05) is 11.4 Å². The van der Waals surface area contributed by atoms with E-state index < -0.39 is 5.97 Å². The number of Topliss-reactive ketones (excluding diaryl/α,β-unsaturated/α-hetero) is 1. The average molecular weight is 388 g/mol. The molecule has 0 fully saturated rings. The Hall–Kier alpha value is -1.63. The number of ether oxygens (including phenoxy) is 2. The van der Waals surface area contributed by atoms with Crippen LogP contribution in [0.5, 0.6) is 5.75 Å². The van der Waals surface area contributed by atoms with Gasteiger partial charge in [-0.25, -0.2) is 9.78 Å². The number of hydrogen-bond acceptors (Lipinski definition) is 6. The predicted molar refractivity (Wildman–Crippen MR) is 93.4 cm³/mol. The minimum absolute atomic E-state index is 0.0339. The van der Waals surface area contributed by atoms with Crippen molar-refractivity contribution in [2.24, 2.45) is 0 Å². The van der Waals surface area contributed by atoms with Crippen molar-refractivity contribution in [2.45, 2.75) is 19.3 Å². The monoisotopic (exact) mass is 387 g/mol. The molecule has 0 unspecified atom stereocenters. The molecule has 0 atom stereocenters. The summed E-state index contributed by atoms with van der Waals surface area (Å²) >= 11 is 13.0. The summed E-state index contributed by atoms with van der Waals surface area (Å²) in [6.45, 7) is 0.373. The zero-order valence-corrected chi connectivity index (χ0v) is 15.2. The number of ketones is 1. The number of benzene rings is 1. The Bertz CT molecular complexity index is 733. The lowest BCUT2D eigenvalue weighted by Crippen LogP contribution is -2.06. The Labute approximate surface area is 153 Å². The maximum absolute atomic E-state index is 11.9. The van der Waals surface area contributed by atoms with E-state index in [2.05, 4.69) is 9.72 Å². The minimum Gasteiger partial charge on any atom is -0.492 e. The standard InChI is InChI=1S/C16H15Cl2NO4S/c1-22-16(21)14-9-19-15(24-14)8-11(20)3-2-6-23-13-5-4-10(17)7-12(13)18/h4-5,7,9H,2-3,6,8H2,1H3. The zero-order valence-electron chi connectivity index (χ0n) is 12.9. The molecule has 0 aliphatic rings. The quantitative estimate of drug-likeness (QED) is 0.501. The average Bonchev–Trinajstić information content (AvgIpc) is 3.01. The van der Waals surface area contributed by atoms with Crippen LogP contribution in [0.25, 0.3) is 0 Å². The van der Waals surface area contributed by atoms with E-state index in [0.29, 0.717) is 45.1 Å². The molecule has 0 amide bonds. The normalized spacial score (nSPS) is 10.5. The van der Waals surface area contributed by atoms with Crippen molar-refractivity contribution < 1.29 is 19.1 Å². The van der Waals surface area contributed by atoms with Crippen LogP contribution < -0.4 is 4.74 Å². The van der Waals surface area contributed by atoms with Crippen molar-refractivity contribution in [3.05, 3.63) is 44.3 Å². The Morgan fingerprint density at radius 2 is 2.08 bits per heavy atom. The summed E-state index contributed by atoms with van der Waals surface area (Å²) in [4.78, 5) is 27.7. The number of thiazole rings is 1. The number of aromatic nitrogens is 1. The Kier molecular flexibility index (Phi) is 7.02. The molecule has 0 saturated heterocycles. The van der Waals surface area contributed by atoms with Crippen molar-refractivity contribution >= 4 is 46.3 Å². The van der Waals surface area contributed by atoms with Gasteiger partial charge in [-0.15, -0.1) is 11.3 Å². The van der Waals surface area contributed by atoms with Crippen LogP contribution in [0.3, 0.4) is 0 Å². The summed E-state index contributed by atoms with van der Waals surface area (Å²) in [5, 5.41) is 1.58. The van der Waals surface area contributed by atoms with Crippen LogP contribution in [-0.2, 0) is 16.0 Å². The van der Waals surface area contributed by atoms with Crippen LogP contribution in [0.15, 0.2) is 24.4 Å². The van der Waals surface area contributed by atoms with Gasteiger partial charge in [0.15, 0.2) is 0 Å². The molecule has 0 aliphatic heterocycles. The van der Waals surface area contributed by atoms with Gasteiger partial charge in [0.25, 0.3) is 0 Å². The number of rotatable bonds is 8. The Morgan fingerprint density at radius 3 is 2.79 bits per heavy atom. The van der Waals surface area contributed by atoms with Gasteiger partial charge in [0.05, 0.1) is 31.4 Å². The summed E-state index contributed by atoms with van der Waals surface area (Å²) in [6.07, 6.45) is 2.54. The smallest absolute Gasteiger partial charge is 0.349 e. The summed E-state index contributed by atoms with van der Waals surface area (Å²) in [5.41, 5.74) is 0. The number of esters is 1. The molecule has 128 valence electrons. The molecule has 0 saturated carbocycles. The topological polar surface area (TPSA) is 65.5 Å². The number of hydrogen-bond donors (Lipinski definition) is 0. The third kappa shape index (κ3) is 5.47. The van der Waals surface area contributed by atoms with E-state index >= 15 is 0 Å². The lowest BCUT2D eigenvalue weighted by molar-refractivity contribution is -0.118. The minimum atomic E-state index is -0.445. The number of carbonyl (C=O) groups is 2. The number of halogens is 2. The summed E-state index contributed by atoms with van der Waals surface area (Å²) in [5.74, 6) is 0.127. The van der Waals surface area contributed by atoms with Crippen molar-refractivity contribution in [1.82, 2.24) is 4.98 Å². The van der Waals surface area contributed by atoms with E-state index in [1.807, 2.05) is 0 Å². The maximum Gasteiger partial charge on any atom is 0.349 e.